The Morgan fingerprint density at radius 3 is 2.27 bits per heavy atom. The molecule has 5 unspecified atom stereocenters. The number of nitrogens with one attached hydrogen (secondary N) is 2. The molecule has 0 spiro atoms. The van der Waals surface area contributed by atoms with E-state index < -0.39 is 60.7 Å². The van der Waals surface area contributed by atoms with Crippen LogP contribution >= 0.6 is 0 Å². The van der Waals surface area contributed by atoms with Crippen molar-refractivity contribution in [2.24, 2.45) is 17.4 Å². The number of benzene rings is 2. The van der Waals surface area contributed by atoms with Gasteiger partial charge in [-0.25, -0.2) is 23.8 Å². The third-order valence-electron chi connectivity index (χ3n) is 11.9. The Hall–Kier alpha value is -6.52. The number of nitrogens with zero attached hydrogens (tertiary/aromatic N) is 2. The van der Waals surface area contributed by atoms with Crippen LogP contribution < -0.4 is 32.4 Å². The molecule has 1 saturated heterocycles. The number of halogens is 1. The van der Waals surface area contributed by atoms with Crippen molar-refractivity contribution >= 4 is 46.9 Å². The number of hydrogen-bond acceptors (Lipinski definition) is 15. The second kappa shape index (κ2) is 24.9. The van der Waals surface area contributed by atoms with Crippen molar-refractivity contribution in [1.29, 1.82) is 0 Å². The second-order valence-electron chi connectivity index (χ2n) is 16.8. The Morgan fingerprint density at radius 1 is 1.00 bits per heavy atom. The number of aliphatic hydroxyl groups is 3. The number of aliphatic carboxylic acids is 1. The molecule has 0 bridgehead atoms. The molecule has 382 valence electrons. The van der Waals surface area contributed by atoms with Gasteiger partial charge >= 0.3 is 18.0 Å². The smallest absolute Gasteiger partial charge is 0.404 e. The third-order valence-corrected chi connectivity index (χ3v) is 11.9. The number of carboxylic acid groups (broad SMARTS) is 1. The van der Waals surface area contributed by atoms with Crippen molar-refractivity contribution in [3.05, 3.63) is 85.4 Å². The fourth-order valence-electron chi connectivity index (χ4n) is 7.71. The van der Waals surface area contributed by atoms with E-state index in [0.717, 1.165) is 41.3 Å². The van der Waals surface area contributed by atoms with E-state index in [-0.39, 0.29) is 48.0 Å². The fraction of sp³-hybridized carbons (Fsp3) is 0.490. The van der Waals surface area contributed by atoms with Gasteiger partial charge in [-0.05, 0) is 86.4 Å². The molecule has 7 atom stereocenters. The number of amides is 3. The van der Waals surface area contributed by atoms with Crippen LogP contribution in [0.15, 0.2) is 35.1 Å². The number of carboxylic acids is 1. The number of primary amides is 1. The van der Waals surface area contributed by atoms with Crippen LogP contribution in [0.25, 0.3) is 22.3 Å². The van der Waals surface area contributed by atoms with Gasteiger partial charge in [-0.1, -0.05) is 47.6 Å². The minimum Gasteiger partial charge on any atom is -0.479 e. The van der Waals surface area contributed by atoms with Gasteiger partial charge in [0, 0.05) is 35.0 Å². The van der Waals surface area contributed by atoms with Crippen LogP contribution in [0.5, 0.6) is 5.75 Å². The van der Waals surface area contributed by atoms with E-state index in [1.54, 1.807) is 17.6 Å². The first-order valence-corrected chi connectivity index (χ1v) is 23.2. The summed E-state index contributed by atoms with van der Waals surface area (Å²) < 4.78 is 36.5. The van der Waals surface area contributed by atoms with Gasteiger partial charge < -0.3 is 66.0 Å². The van der Waals surface area contributed by atoms with Crippen molar-refractivity contribution in [2.75, 3.05) is 5.32 Å². The van der Waals surface area contributed by atoms with Crippen molar-refractivity contribution in [1.82, 2.24) is 14.9 Å². The molecule has 0 radical (unpaired) electrons. The third kappa shape index (κ3) is 12.6. The second-order valence-corrected chi connectivity index (χ2v) is 16.8. The Labute approximate surface area is 404 Å². The standard InChI is InChI=1S/C22H17FN2O4.C18H23N3O10.C5H13N.2C2H6/c1-9-10-3-2-4-11-13-7-25-17(19(13)24-16(18(10)11)6-15(9)23)5-12-14(21(25)27)8-29-22(28)20(12)26;1-8(20-7-22)15(25)21-10-3-2-9(6-29-18(19)28)4-12(10)30-17-14(24)11(23)5-13(31-17)16(26)27;1-4(2)5(3)6;2*1-2/h5-6,20,26H,2-4,7-8H2,1H3;2-4,7-8,11,13-14,17,23-24H,5-6H2,1H3,(H2,19,28)(H,20,22)(H,21,25)(H,26,27);4-5H,6H2,1-3H3;2*1-2H3/t;8-,11?,13?,14+,17?;;;/m.0.../s1. The molecule has 4 aliphatic rings. The summed E-state index contributed by atoms with van der Waals surface area (Å²) in [6.07, 6.45) is -5.93. The zero-order valence-electron chi connectivity index (χ0n) is 40.8. The van der Waals surface area contributed by atoms with Crippen LogP contribution in [0.2, 0.25) is 0 Å². The molecular weight excluding hydrogens is 916 g/mol. The predicted octanol–water partition coefficient (Wildman–Crippen LogP) is 4.15. The summed E-state index contributed by atoms with van der Waals surface area (Å²) >= 11 is 0. The van der Waals surface area contributed by atoms with Gasteiger partial charge in [-0.3, -0.25) is 14.4 Å². The van der Waals surface area contributed by atoms with E-state index in [9.17, 15) is 48.5 Å². The zero-order valence-corrected chi connectivity index (χ0v) is 40.8. The summed E-state index contributed by atoms with van der Waals surface area (Å²) in [5.41, 5.74) is 16.7. The summed E-state index contributed by atoms with van der Waals surface area (Å²) in [6.45, 7) is 17.5. The molecule has 3 amide bonds. The number of rotatable bonds is 10. The minimum atomic E-state index is -1.58. The summed E-state index contributed by atoms with van der Waals surface area (Å²) in [6, 6.07) is 6.80. The van der Waals surface area contributed by atoms with Gasteiger partial charge in [0.25, 0.3) is 5.56 Å². The molecular formula is C49H65FN6O14. The molecule has 2 aromatic carbocycles. The summed E-state index contributed by atoms with van der Waals surface area (Å²) in [7, 11) is 0. The van der Waals surface area contributed by atoms with E-state index in [1.165, 1.54) is 31.2 Å². The SMILES string of the molecule is CC.CC.CC(C)C(C)N.C[C@H](NC=O)C(=O)Nc1ccc(COC(N)=O)cc1OC1OC(C(=O)O)CC(O)[C@H]1O.Cc1c(F)cc2nc3c(c4c2c1CCC4)Cn1c-3cc2c(c1=O)COC(=O)C2O. The Kier molecular flexibility index (Phi) is 19.9. The molecule has 1 fully saturated rings. The maximum atomic E-state index is 14.5. The van der Waals surface area contributed by atoms with Gasteiger partial charge in [0.2, 0.25) is 18.6 Å². The van der Waals surface area contributed by atoms with Crippen molar-refractivity contribution in [3.63, 3.8) is 0 Å². The molecule has 5 heterocycles. The lowest BCUT2D eigenvalue weighted by atomic mass is 9.85. The van der Waals surface area contributed by atoms with Crippen molar-refractivity contribution in [2.45, 2.75) is 151 Å². The van der Waals surface area contributed by atoms with Crippen molar-refractivity contribution in [3.8, 4) is 17.1 Å². The molecule has 20 nitrogen and oxygen atoms in total. The van der Waals surface area contributed by atoms with Crippen LogP contribution in [-0.4, -0.2) is 97.0 Å². The number of pyridine rings is 2. The maximum Gasteiger partial charge on any atom is 0.404 e. The molecule has 10 N–H and O–H groups in total. The highest BCUT2D eigenvalue weighted by molar-refractivity contribution is 5.97. The fourth-order valence-corrected chi connectivity index (χ4v) is 7.71. The van der Waals surface area contributed by atoms with Crippen LogP contribution in [0.1, 0.15) is 113 Å². The molecule has 70 heavy (non-hydrogen) atoms. The molecule has 0 saturated carbocycles. The molecule has 3 aliphatic heterocycles. The predicted molar refractivity (Wildman–Crippen MR) is 255 cm³/mol. The number of aryl methyl sites for hydroxylation is 2. The molecule has 4 aromatic rings. The first kappa shape index (κ1) is 56.1. The Bertz CT molecular complexity index is 2610. The van der Waals surface area contributed by atoms with E-state index >= 15 is 0 Å². The largest absolute Gasteiger partial charge is 0.479 e. The van der Waals surface area contributed by atoms with Crippen LogP contribution in [0.3, 0.4) is 0 Å². The first-order valence-electron chi connectivity index (χ1n) is 23.2. The molecule has 21 heteroatoms. The monoisotopic (exact) mass is 980 g/mol. The number of cyclic esters (lactones) is 1. The minimum absolute atomic E-state index is 0.0788. The number of ether oxygens (including phenoxy) is 4. The van der Waals surface area contributed by atoms with Gasteiger partial charge in [-0.15, -0.1) is 0 Å². The highest BCUT2D eigenvalue weighted by atomic mass is 19.1. The molecule has 2 aromatic heterocycles. The number of fused-ring (bicyclic) bond motifs is 5. The van der Waals surface area contributed by atoms with E-state index in [1.807, 2.05) is 34.6 Å². The molecule has 1 aliphatic carbocycles. The summed E-state index contributed by atoms with van der Waals surface area (Å²) in [4.78, 5) is 74.4. The normalized spacial score (nSPS) is 19.9. The Balaban J connectivity index is 0.000000257. The lowest BCUT2D eigenvalue weighted by molar-refractivity contribution is -0.238. The number of carbonyl (C=O) groups excluding carboxylic acids is 4. The van der Waals surface area contributed by atoms with Crippen LogP contribution in [-0.2, 0) is 66.0 Å². The van der Waals surface area contributed by atoms with Crippen LogP contribution in [0, 0.1) is 18.7 Å². The van der Waals surface area contributed by atoms with Gasteiger partial charge in [0.05, 0.1) is 40.8 Å². The zero-order chi connectivity index (χ0) is 52.3. The average Bonchev–Trinajstić information content (AvgIpc) is 3.71. The Morgan fingerprint density at radius 2 is 1.66 bits per heavy atom. The van der Waals surface area contributed by atoms with Crippen LogP contribution in [0.4, 0.5) is 14.9 Å². The lowest BCUT2D eigenvalue weighted by Gasteiger charge is -2.35. The highest BCUT2D eigenvalue weighted by Gasteiger charge is 2.42. The topological polar surface area (TPSA) is 314 Å². The number of anilines is 1. The van der Waals surface area contributed by atoms with E-state index in [0.29, 0.717) is 58.5 Å². The number of nitrogens with two attached hydrogens (primary N) is 2. The van der Waals surface area contributed by atoms with Gasteiger partial charge in [-0.2, -0.15) is 0 Å². The van der Waals surface area contributed by atoms with Crippen molar-refractivity contribution < 1.29 is 67.7 Å². The number of aromatic nitrogens is 2. The quantitative estimate of drug-likeness (QED) is 0.0720. The van der Waals surface area contributed by atoms with Gasteiger partial charge in [0.15, 0.2) is 12.2 Å². The first-order chi connectivity index (χ1) is 33.2. The summed E-state index contributed by atoms with van der Waals surface area (Å²) in [5, 5.41) is 45.3. The molecule has 8 rings (SSSR count). The van der Waals surface area contributed by atoms with E-state index in [4.69, 9.17) is 40.5 Å². The average molecular weight is 981 g/mol. The van der Waals surface area contributed by atoms with E-state index in [2.05, 4.69) is 24.5 Å². The maximum absolute atomic E-state index is 14.5. The number of esters is 1. The van der Waals surface area contributed by atoms with Gasteiger partial charge in [0.1, 0.15) is 36.9 Å². The lowest BCUT2D eigenvalue weighted by Crippen LogP contribution is -2.52. The number of hydrogen-bond donors (Lipinski definition) is 8. The number of aliphatic hydroxyl groups excluding tert-OH is 3. The number of carbonyl (C=O) groups is 5. The highest BCUT2D eigenvalue weighted by Crippen LogP contribution is 2.42. The summed E-state index contributed by atoms with van der Waals surface area (Å²) in [5.74, 6) is -2.45.